The van der Waals surface area contributed by atoms with Crippen molar-refractivity contribution in [2.75, 3.05) is 18.4 Å². The standard InChI is InChI=1S/C39H42FN5O5.3H2/c1-2-3-4-5-7-14-28-24-39(28,38(48)44-50-31-17-8-6-9-18-31)43-36(47)34-23-32(49-37-33-19-11-10-13-27(33)20-21-41-37)26-45(34)35(46)25-42-30-16-12-15-29(40)22-30;;;/h6-22,28,32,34,42H,2-5,23-26H2,1H3,(H,43,47)(H,44,48);3*1H/b14-7-;;;/t28-,32?,34+,39-;;;/m1.../s1. The fraction of sp³-hybridized carbons (Fsp3) is 0.333. The van der Waals surface area contributed by atoms with Crippen LogP contribution in [-0.4, -0.2) is 58.4 Å². The number of hydrogen-bond donors (Lipinski definition) is 3. The number of rotatable bonds is 15. The molecule has 6 rings (SSSR count). The van der Waals surface area contributed by atoms with Crippen LogP contribution in [0.15, 0.2) is 103 Å². The Balaban J connectivity index is 0.00000252. The molecule has 1 aromatic heterocycles. The van der Waals surface area contributed by atoms with Crippen LogP contribution >= 0.6 is 0 Å². The maximum absolute atomic E-state index is 14.2. The topological polar surface area (TPSA) is 122 Å². The summed E-state index contributed by atoms with van der Waals surface area (Å²) in [6.07, 6.45) is 9.84. The molecule has 1 unspecified atom stereocenters. The minimum atomic E-state index is -1.25. The molecule has 2 heterocycles. The summed E-state index contributed by atoms with van der Waals surface area (Å²) in [5.41, 5.74) is 1.72. The molecule has 266 valence electrons. The van der Waals surface area contributed by atoms with E-state index in [2.05, 4.69) is 34.1 Å². The second-order valence-corrected chi connectivity index (χ2v) is 12.8. The summed E-state index contributed by atoms with van der Waals surface area (Å²) in [4.78, 5) is 53.1. The fourth-order valence-electron chi connectivity index (χ4n) is 6.37. The normalized spacial score (nSPS) is 21.2. The molecule has 3 amide bonds. The molecule has 3 N–H and O–H groups in total. The van der Waals surface area contributed by atoms with Crippen LogP contribution < -0.4 is 25.7 Å². The highest BCUT2D eigenvalue weighted by Crippen LogP contribution is 2.45. The third-order valence-electron chi connectivity index (χ3n) is 9.18. The molecular formula is C39H48FN5O5. The average Bonchev–Trinajstić information content (AvgIpc) is 3.66. The minimum Gasteiger partial charge on any atom is -0.472 e. The first-order valence-electron chi connectivity index (χ1n) is 17.2. The average molecular weight is 686 g/mol. The summed E-state index contributed by atoms with van der Waals surface area (Å²) in [6, 6.07) is 23.3. The van der Waals surface area contributed by atoms with Gasteiger partial charge in [-0.05, 0) is 67.1 Å². The number of anilines is 1. The van der Waals surface area contributed by atoms with Gasteiger partial charge in [0.1, 0.15) is 23.5 Å². The van der Waals surface area contributed by atoms with Gasteiger partial charge < -0.3 is 25.1 Å². The van der Waals surface area contributed by atoms with Gasteiger partial charge in [0.15, 0.2) is 5.75 Å². The van der Waals surface area contributed by atoms with Gasteiger partial charge in [0.2, 0.25) is 17.7 Å². The highest BCUT2D eigenvalue weighted by Gasteiger charge is 2.61. The number of nitrogens with zero attached hydrogens (tertiary/aromatic N) is 2. The fourth-order valence-corrected chi connectivity index (χ4v) is 6.37. The Hall–Kier alpha value is -5.45. The molecule has 0 radical (unpaired) electrons. The van der Waals surface area contributed by atoms with E-state index in [1.165, 1.54) is 17.0 Å². The Kier molecular flexibility index (Phi) is 10.9. The molecule has 0 bridgehead atoms. The van der Waals surface area contributed by atoms with Gasteiger partial charge in [0.05, 0.1) is 13.1 Å². The van der Waals surface area contributed by atoms with E-state index in [9.17, 15) is 18.8 Å². The first kappa shape index (κ1) is 34.4. The number of amides is 3. The van der Waals surface area contributed by atoms with Crippen LogP contribution in [0.3, 0.4) is 0 Å². The van der Waals surface area contributed by atoms with Crippen molar-refractivity contribution in [3.63, 3.8) is 0 Å². The van der Waals surface area contributed by atoms with E-state index in [0.717, 1.165) is 36.5 Å². The summed E-state index contributed by atoms with van der Waals surface area (Å²) in [7, 11) is 0. The lowest BCUT2D eigenvalue weighted by Crippen LogP contribution is -2.56. The molecular weight excluding hydrogens is 637 g/mol. The number of fused-ring (bicyclic) bond motifs is 1. The van der Waals surface area contributed by atoms with Gasteiger partial charge in [-0.15, -0.1) is 0 Å². The molecule has 1 saturated heterocycles. The Morgan fingerprint density at radius 1 is 1.04 bits per heavy atom. The maximum atomic E-state index is 14.2. The molecule has 10 nitrogen and oxygen atoms in total. The lowest BCUT2D eigenvalue weighted by molar-refractivity contribution is -0.140. The van der Waals surface area contributed by atoms with Crippen molar-refractivity contribution in [2.24, 2.45) is 5.92 Å². The molecule has 1 aliphatic heterocycles. The van der Waals surface area contributed by atoms with Gasteiger partial charge in [0, 0.05) is 33.9 Å². The third kappa shape index (κ3) is 8.22. The molecule has 11 heteroatoms. The van der Waals surface area contributed by atoms with E-state index in [1.54, 1.807) is 42.6 Å². The summed E-state index contributed by atoms with van der Waals surface area (Å²) in [5, 5.41) is 7.73. The number of halogens is 1. The van der Waals surface area contributed by atoms with E-state index in [4.69, 9.17) is 9.57 Å². The number of allylic oxidation sites excluding steroid dienone is 1. The molecule has 2 aliphatic rings. The number of para-hydroxylation sites is 1. The van der Waals surface area contributed by atoms with Gasteiger partial charge in [0.25, 0.3) is 5.91 Å². The van der Waals surface area contributed by atoms with Crippen molar-refractivity contribution < 1.29 is 32.6 Å². The predicted molar refractivity (Wildman–Crippen MR) is 195 cm³/mol. The van der Waals surface area contributed by atoms with E-state index < -0.39 is 35.3 Å². The van der Waals surface area contributed by atoms with Crippen molar-refractivity contribution in [1.82, 2.24) is 20.7 Å². The van der Waals surface area contributed by atoms with E-state index in [0.29, 0.717) is 23.7 Å². The zero-order chi connectivity index (χ0) is 34.9. The van der Waals surface area contributed by atoms with Crippen molar-refractivity contribution in [2.45, 2.75) is 63.1 Å². The van der Waals surface area contributed by atoms with Gasteiger partial charge in [-0.1, -0.05) is 74.4 Å². The van der Waals surface area contributed by atoms with E-state index >= 15 is 0 Å². The summed E-state index contributed by atoms with van der Waals surface area (Å²) in [5.74, 6) is -1.15. The van der Waals surface area contributed by atoms with E-state index in [1.807, 2.05) is 42.5 Å². The molecule has 2 fully saturated rings. The van der Waals surface area contributed by atoms with Crippen LogP contribution in [0.4, 0.5) is 10.1 Å². The minimum absolute atomic E-state index is 0. The molecule has 1 saturated carbocycles. The van der Waals surface area contributed by atoms with Gasteiger partial charge in [-0.2, -0.15) is 5.48 Å². The zero-order valence-corrected chi connectivity index (χ0v) is 28.0. The van der Waals surface area contributed by atoms with Gasteiger partial charge in [-0.25, -0.2) is 9.37 Å². The summed E-state index contributed by atoms with van der Waals surface area (Å²) >= 11 is 0. The number of likely N-dealkylation sites (tertiary alicyclic amines) is 1. The van der Waals surface area contributed by atoms with Crippen LogP contribution in [-0.2, 0) is 14.4 Å². The highest BCUT2D eigenvalue weighted by atomic mass is 19.1. The number of pyridine rings is 1. The summed E-state index contributed by atoms with van der Waals surface area (Å²) in [6.45, 7) is 2.08. The highest BCUT2D eigenvalue weighted by molar-refractivity contribution is 5.97. The third-order valence-corrected chi connectivity index (χ3v) is 9.18. The molecule has 4 atom stereocenters. The Morgan fingerprint density at radius 2 is 1.86 bits per heavy atom. The predicted octanol–water partition coefficient (Wildman–Crippen LogP) is 6.69. The van der Waals surface area contributed by atoms with Crippen LogP contribution in [0, 0.1) is 11.7 Å². The molecule has 0 spiro atoms. The number of ether oxygens (including phenoxy) is 1. The lowest BCUT2D eigenvalue weighted by Gasteiger charge is -2.26. The molecule has 1 aliphatic carbocycles. The van der Waals surface area contributed by atoms with E-state index in [-0.39, 0.29) is 35.6 Å². The number of unbranched alkanes of at least 4 members (excludes halogenated alkanes) is 3. The maximum Gasteiger partial charge on any atom is 0.278 e. The van der Waals surface area contributed by atoms with Crippen LogP contribution in [0.5, 0.6) is 11.6 Å². The number of hydroxylamine groups is 1. The van der Waals surface area contributed by atoms with Gasteiger partial charge in [-0.3, -0.25) is 14.4 Å². The number of carbonyl (C=O) groups excluding carboxylic acids is 3. The monoisotopic (exact) mass is 685 g/mol. The largest absolute Gasteiger partial charge is 0.472 e. The first-order chi connectivity index (χ1) is 24.4. The Bertz CT molecular complexity index is 1850. The number of hydrogen-bond acceptors (Lipinski definition) is 7. The number of carbonyl (C=O) groups is 3. The van der Waals surface area contributed by atoms with Crippen LogP contribution in [0.2, 0.25) is 0 Å². The van der Waals surface area contributed by atoms with Gasteiger partial charge >= 0.3 is 0 Å². The Labute approximate surface area is 295 Å². The second-order valence-electron chi connectivity index (χ2n) is 12.8. The van der Waals surface area contributed by atoms with Crippen molar-refractivity contribution in [1.29, 1.82) is 0 Å². The number of aromatic nitrogens is 1. The van der Waals surface area contributed by atoms with Crippen molar-refractivity contribution in [3.8, 4) is 11.6 Å². The number of benzene rings is 3. The lowest BCUT2D eigenvalue weighted by atomic mass is 10.1. The molecule has 3 aromatic carbocycles. The smallest absolute Gasteiger partial charge is 0.278 e. The molecule has 50 heavy (non-hydrogen) atoms. The molecule has 4 aromatic rings. The Morgan fingerprint density at radius 3 is 2.68 bits per heavy atom. The SMILES string of the molecule is CCCCC/C=C\[C@@H]1C[C@]1(NC(=O)[C@@H]1CC(Oc2nccc3ccccc23)CN1C(=O)CNc1cccc(F)c1)C(=O)NOc1ccccc1.[HH].[HH].[HH]. The summed E-state index contributed by atoms with van der Waals surface area (Å²) < 4.78 is 20.2. The van der Waals surface area contributed by atoms with Crippen molar-refractivity contribution in [3.05, 3.63) is 109 Å². The quantitative estimate of drug-likeness (QED) is 0.0724. The van der Waals surface area contributed by atoms with Crippen LogP contribution in [0.1, 0.15) is 49.7 Å². The zero-order valence-electron chi connectivity index (χ0n) is 28.0. The number of nitrogens with one attached hydrogen (secondary N) is 3. The first-order valence-corrected chi connectivity index (χ1v) is 17.2. The van der Waals surface area contributed by atoms with Crippen LogP contribution in [0.25, 0.3) is 10.8 Å². The van der Waals surface area contributed by atoms with Crippen molar-refractivity contribution >= 4 is 34.2 Å². The second kappa shape index (κ2) is 15.8.